The number of rotatable bonds is 5. The van der Waals surface area contributed by atoms with Gasteiger partial charge < -0.3 is 10.1 Å². The topological polar surface area (TPSA) is 77.8 Å². The molecule has 0 amide bonds. The first-order chi connectivity index (χ1) is 9.48. The number of anilines is 1. The number of hydrogen-bond donors (Lipinski definition) is 1. The molecule has 2 aromatic rings. The zero-order chi connectivity index (χ0) is 14.6. The predicted molar refractivity (Wildman–Crippen MR) is 62.7 cm³/mol. The minimum atomic E-state index is -4.29. The number of nitrogens with zero attached hydrogens (tertiary/aromatic N) is 5. The first-order valence-electron chi connectivity index (χ1n) is 5.59. The van der Waals surface area contributed by atoms with Gasteiger partial charge in [0.2, 0.25) is 11.9 Å². The highest BCUT2D eigenvalue weighted by molar-refractivity contribution is 5.29. The largest absolute Gasteiger partial charge is 0.463 e. The van der Waals surface area contributed by atoms with Crippen LogP contribution in [0.3, 0.4) is 0 Å². The van der Waals surface area contributed by atoms with Crippen LogP contribution in [0.25, 0.3) is 5.95 Å². The highest BCUT2D eigenvalue weighted by atomic mass is 19.4. The predicted octanol–water partition coefficient (Wildman–Crippen LogP) is 1.43. The van der Waals surface area contributed by atoms with Crippen LogP contribution in [0.2, 0.25) is 0 Å². The highest BCUT2D eigenvalue weighted by Crippen LogP contribution is 2.19. The SMILES string of the molecule is CNc1nc(OCCC(F)(F)F)nc(-n2ccnc2)n1. The van der Waals surface area contributed by atoms with Crippen LogP contribution in [-0.4, -0.2) is 44.3 Å². The molecule has 0 aromatic carbocycles. The molecule has 0 aliphatic rings. The minimum absolute atomic E-state index is 0.183. The molecule has 0 aliphatic heterocycles. The van der Waals surface area contributed by atoms with Gasteiger partial charge in [0.15, 0.2) is 0 Å². The van der Waals surface area contributed by atoms with Gasteiger partial charge in [-0.25, -0.2) is 4.98 Å². The average Bonchev–Trinajstić information content (AvgIpc) is 2.90. The van der Waals surface area contributed by atoms with Gasteiger partial charge in [-0.15, -0.1) is 0 Å². The van der Waals surface area contributed by atoms with Gasteiger partial charge in [0.05, 0.1) is 6.42 Å². The lowest BCUT2D eigenvalue weighted by molar-refractivity contribution is -0.139. The van der Waals surface area contributed by atoms with Crippen molar-refractivity contribution in [3.8, 4) is 12.0 Å². The Morgan fingerprint density at radius 1 is 1.30 bits per heavy atom. The molecule has 7 nitrogen and oxygen atoms in total. The molecule has 2 aromatic heterocycles. The monoisotopic (exact) mass is 288 g/mol. The van der Waals surface area contributed by atoms with E-state index in [4.69, 9.17) is 4.74 Å². The maximum absolute atomic E-state index is 12.0. The molecule has 10 heteroatoms. The van der Waals surface area contributed by atoms with E-state index in [0.717, 1.165) is 0 Å². The maximum atomic E-state index is 12.0. The Morgan fingerprint density at radius 2 is 2.10 bits per heavy atom. The zero-order valence-electron chi connectivity index (χ0n) is 10.4. The maximum Gasteiger partial charge on any atom is 0.392 e. The molecule has 20 heavy (non-hydrogen) atoms. The molecule has 0 saturated carbocycles. The Bertz CT molecular complexity index is 557. The van der Waals surface area contributed by atoms with E-state index in [1.807, 2.05) is 0 Å². The van der Waals surface area contributed by atoms with Crippen molar-refractivity contribution in [2.24, 2.45) is 0 Å². The van der Waals surface area contributed by atoms with Crippen molar-refractivity contribution >= 4 is 5.95 Å². The van der Waals surface area contributed by atoms with Gasteiger partial charge in [-0.3, -0.25) is 4.57 Å². The van der Waals surface area contributed by atoms with Crippen molar-refractivity contribution in [3.63, 3.8) is 0 Å². The fourth-order valence-corrected chi connectivity index (χ4v) is 1.27. The number of hydrogen-bond acceptors (Lipinski definition) is 6. The highest BCUT2D eigenvalue weighted by Gasteiger charge is 2.27. The Labute approximate surface area is 111 Å². The molecule has 0 radical (unpaired) electrons. The van der Waals surface area contributed by atoms with Crippen molar-refractivity contribution in [2.45, 2.75) is 12.6 Å². The summed E-state index contributed by atoms with van der Waals surface area (Å²) in [5.74, 6) is 0.384. The summed E-state index contributed by atoms with van der Waals surface area (Å²) in [5, 5.41) is 2.68. The van der Waals surface area contributed by atoms with Gasteiger partial charge in [0.25, 0.3) is 0 Å². The molecule has 108 valence electrons. The summed E-state index contributed by atoms with van der Waals surface area (Å²) in [6.45, 7) is -0.556. The van der Waals surface area contributed by atoms with Gasteiger partial charge in [-0.2, -0.15) is 28.1 Å². The Hall–Kier alpha value is -2.39. The fraction of sp³-hybridized carbons (Fsp3) is 0.400. The van der Waals surface area contributed by atoms with Gasteiger partial charge in [-0.05, 0) is 0 Å². The summed E-state index contributed by atoms with van der Waals surface area (Å²) in [6.07, 6.45) is -0.796. The number of ether oxygens (including phenoxy) is 1. The van der Waals surface area contributed by atoms with E-state index >= 15 is 0 Å². The van der Waals surface area contributed by atoms with Crippen LogP contribution in [0.5, 0.6) is 6.01 Å². The van der Waals surface area contributed by atoms with Crippen molar-refractivity contribution in [1.82, 2.24) is 24.5 Å². The van der Waals surface area contributed by atoms with Crippen molar-refractivity contribution in [2.75, 3.05) is 19.0 Å². The lowest BCUT2D eigenvalue weighted by Crippen LogP contribution is -2.15. The number of imidazole rings is 1. The number of halogens is 3. The first-order valence-corrected chi connectivity index (χ1v) is 5.59. The second-order valence-corrected chi connectivity index (χ2v) is 3.68. The molecule has 1 N–H and O–H groups in total. The molecule has 2 heterocycles. The van der Waals surface area contributed by atoms with Gasteiger partial charge in [0.1, 0.15) is 12.9 Å². The van der Waals surface area contributed by atoms with E-state index in [9.17, 15) is 13.2 Å². The molecule has 0 unspecified atom stereocenters. The van der Waals surface area contributed by atoms with Crippen molar-refractivity contribution < 1.29 is 17.9 Å². The summed E-state index contributed by atoms with van der Waals surface area (Å²) >= 11 is 0. The van der Waals surface area contributed by atoms with Crippen LogP contribution in [0.15, 0.2) is 18.7 Å². The molecule has 0 aliphatic carbocycles. The number of aromatic nitrogens is 5. The Balaban J connectivity index is 2.14. The van der Waals surface area contributed by atoms with Gasteiger partial charge in [0, 0.05) is 19.4 Å². The van der Waals surface area contributed by atoms with Gasteiger partial charge >= 0.3 is 12.2 Å². The minimum Gasteiger partial charge on any atom is -0.463 e. The second-order valence-electron chi connectivity index (χ2n) is 3.68. The lowest BCUT2D eigenvalue weighted by Gasteiger charge is -2.09. The quantitative estimate of drug-likeness (QED) is 0.896. The average molecular weight is 288 g/mol. The first kappa shape index (κ1) is 14.0. The van der Waals surface area contributed by atoms with Crippen LogP contribution < -0.4 is 10.1 Å². The molecular formula is C10H11F3N6O. The molecule has 2 rings (SSSR count). The third kappa shape index (κ3) is 3.80. The summed E-state index contributed by atoms with van der Waals surface area (Å²) in [7, 11) is 1.58. The zero-order valence-corrected chi connectivity index (χ0v) is 10.4. The number of alkyl halides is 3. The van der Waals surface area contributed by atoms with Crippen molar-refractivity contribution in [1.29, 1.82) is 0 Å². The number of nitrogens with one attached hydrogen (secondary N) is 1. The third-order valence-corrected chi connectivity index (χ3v) is 2.18. The molecule has 0 atom stereocenters. The van der Waals surface area contributed by atoms with E-state index in [2.05, 4.69) is 25.3 Å². The van der Waals surface area contributed by atoms with E-state index in [-0.39, 0.29) is 17.9 Å². The molecule has 0 fully saturated rings. The van der Waals surface area contributed by atoms with Crippen molar-refractivity contribution in [3.05, 3.63) is 18.7 Å². The van der Waals surface area contributed by atoms with Crippen LogP contribution in [0.4, 0.5) is 19.1 Å². The standard InChI is InChI=1S/C10H11F3N6O/c1-14-7-16-8(19-4-3-15-6-19)18-9(17-7)20-5-2-10(11,12)13/h3-4,6H,2,5H2,1H3,(H,14,16,17,18). The van der Waals surface area contributed by atoms with Crippen LogP contribution in [0.1, 0.15) is 6.42 Å². The van der Waals surface area contributed by atoms with Gasteiger partial charge in [-0.1, -0.05) is 0 Å². The summed E-state index contributed by atoms with van der Waals surface area (Å²) in [5.41, 5.74) is 0. The van der Waals surface area contributed by atoms with Crippen LogP contribution >= 0.6 is 0 Å². The Morgan fingerprint density at radius 3 is 2.70 bits per heavy atom. The van der Waals surface area contributed by atoms with Crippen LogP contribution in [-0.2, 0) is 0 Å². The van der Waals surface area contributed by atoms with E-state index in [1.54, 1.807) is 13.2 Å². The van der Waals surface area contributed by atoms with Crippen LogP contribution in [0, 0.1) is 0 Å². The lowest BCUT2D eigenvalue weighted by atomic mass is 10.4. The normalized spacial score (nSPS) is 11.4. The molecule has 0 saturated heterocycles. The second kappa shape index (κ2) is 5.72. The summed E-state index contributed by atoms with van der Waals surface area (Å²) < 4.78 is 42.5. The Kier molecular flexibility index (Phi) is 4.01. The smallest absolute Gasteiger partial charge is 0.392 e. The van der Waals surface area contributed by atoms with E-state index in [0.29, 0.717) is 0 Å². The molecular weight excluding hydrogens is 277 g/mol. The third-order valence-electron chi connectivity index (χ3n) is 2.18. The summed E-state index contributed by atoms with van der Waals surface area (Å²) in [6, 6.07) is -0.183. The van der Waals surface area contributed by atoms with E-state index in [1.165, 1.54) is 17.1 Å². The van der Waals surface area contributed by atoms with E-state index < -0.39 is 19.2 Å². The summed E-state index contributed by atoms with van der Waals surface area (Å²) in [4.78, 5) is 15.6. The molecule has 0 spiro atoms. The fourth-order valence-electron chi connectivity index (χ4n) is 1.27. The molecule has 0 bridgehead atoms.